The van der Waals surface area contributed by atoms with E-state index in [9.17, 15) is 18.0 Å². The van der Waals surface area contributed by atoms with E-state index in [0.29, 0.717) is 0 Å². The van der Waals surface area contributed by atoms with Gasteiger partial charge in [0.05, 0.1) is 12.3 Å². The summed E-state index contributed by atoms with van der Waals surface area (Å²) in [6, 6.07) is 7.41. The highest BCUT2D eigenvalue weighted by Gasteiger charge is 2.36. The standard InChI is InChI=1S/C10H9F3O2/c11-10(12,13)6-8(9(14)15)7-4-2-1-3-5-7/h1-5,8H,6H2,(H,14,15)/t8-/m1/s1. The zero-order chi connectivity index (χ0) is 11.5. The maximum Gasteiger partial charge on any atom is 0.390 e. The zero-order valence-electron chi connectivity index (χ0n) is 7.66. The van der Waals surface area contributed by atoms with Crippen LogP contribution in [0.2, 0.25) is 0 Å². The summed E-state index contributed by atoms with van der Waals surface area (Å²) in [5, 5.41) is 8.69. The first-order valence-electron chi connectivity index (χ1n) is 4.24. The minimum Gasteiger partial charge on any atom is -0.481 e. The Hall–Kier alpha value is -1.52. The van der Waals surface area contributed by atoms with Gasteiger partial charge in [-0.2, -0.15) is 13.2 Å². The maximum absolute atomic E-state index is 12.1. The summed E-state index contributed by atoms with van der Waals surface area (Å²) >= 11 is 0. The fourth-order valence-corrected chi connectivity index (χ4v) is 1.26. The van der Waals surface area contributed by atoms with Gasteiger partial charge in [0.25, 0.3) is 0 Å². The second-order valence-corrected chi connectivity index (χ2v) is 3.12. The number of rotatable bonds is 3. The second-order valence-electron chi connectivity index (χ2n) is 3.12. The summed E-state index contributed by atoms with van der Waals surface area (Å²) in [6.45, 7) is 0. The summed E-state index contributed by atoms with van der Waals surface area (Å²) in [7, 11) is 0. The Kier molecular flexibility index (Phi) is 3.34. The molecule has 5 heteroatoms. The van der Waals surface area contributed by atoms with Crippen molar-refractivity contribution in [2.75, 3.05) is 0 Å². The molecule has 0 aromatic heterocycles. The van der Waals surface area contributed by atoms with Crippen molar-refractivity contribution in [1.29, 1.82) is 0 Å². The van der Waals surface area contributed by atoms with E-state index in [1.54, 1.807) is 6.07 Å². The molecule has 0 radical (unpaired) electrons. The van der Waals surface area contributed by atoms with Crippen molar-refractivity contribution in [2.45, 2.75) is 18.5 Å². The van der Waals surface area contributed by atoms with Gasteiger partial charge in [0.2, 0.25) is 0 Å². The lowest BCUT2D eigenvalue weighted by atomic mass is 9.96. The highest BCUT2D eigenvalue weighted by atomic mass is 19.4. The number of carboxylic acids is 1. The molecule has 0 fully saturated rings. The van der Waals surface area contributed by atoms with Crippen LogP contribution in [-0.2, 0) is 4.79 Å². The van der Waals surface area contributed by atoms with E-state index in [4.69, 9.17) is 5.11 Å². The minimum atomic E-state index is -4.47. The summed E-state index contributed by atoms with van der Waals surface area (Å²) in [5.74, 6) is -2.98. The Morgan fingerprint density at radius 2 is 1.80 bits per heavy atom. The number of aliphatic carboxylic acids is 1. The molecule has 82 valence electrons. The first-order valence-corrected chi connectivity index (χ1v) is 4.24. The number of carbonyl (C=O) groups is 1. The van der Waals surface area contributed by atoms with Gasteiger partial charge in [0, 0.05) is 0 Å². The third kappa shape index (κ3) is 3.61. The van der Waals surface area contributed by atoms with E-state index in [1.165, 1.54) is 24.3 Å². The van der Waals surface area contributed by atoms with Crippen LogP contribution in [0.3, 0.4) is 0 Å². The number of benzene rings is 1. The summed E-state index contributed by atoms with van der Waals surface area (Å²) in [6.07, 6.45) is -5.81. The van der Waals surface area contributed by atoms with E-state index >= 15 is 0 Å². The smallest absolute Gasteiger partial charge is 0.390 e. The van der Waals surface area contributed by atoms with Crippen LogP contribution in [0.5, 0.6) is 0 Å². The summed E-state index contributed by atoms with van der Waals surface area (Å²) in [4.78, 5) is 10.7. The number of alkyl halides is 3. The van der Waals surface area contributed by atoms with Gasteiger partial charge >= 0.3 is 12.1 Å². The van der Waals surface area contributed by atoms with Crippen molar-refractivity contribution in [2.24, 2.45) is 0 Å². The van der Waals surface area contributed by atoms with Crippen LogP contribution < -0.4 is 0 Å². The number of hydrogen-bond donors (Lipinski definition) is 1. The molecule has 0 aliphatic heterocycles. The average Bonchev–Trinajstić information content (AvgIpc) is 2.14. The Labute approximate surface area is 84.3 Å². The van der Waals surface area contributed by atoms with Gasteiger partial charge in [0.15, 0.2) is 0 Å². The van der Waals surface area contributed by atoms with Crippen LogP contribution in [-0.4, -0.2) is 17.3 Å². The molecule has 0 bridgehead atoms. The van der Waals surface area contributed by atoms with Gasteiger partial charge in [-0.15, -0.1) is 0 Å². The van der Waals surface area contributed by atoms with Crippen LogP contribution >= 0.6 is 0 Å². The molecule has 0 heterocycles. The molecule has 15 heavy (non-hydrogen) atoms. The number of hydrogen-bond acceptors (Lipinski definition) is 1. The van der Waals surface area contributed by atoms with Crippen LogP contribution in [0.1, 0.15) is 17.9 Å². The van der Waals surface area contributed by atoms with Crippen molar-refractivity contribution in [1.82, 2.24) is 0 Å². The molecule has 0 spiro atoms. The van der Waals surface area contributed by atoms with Crippen molar-refractivity contribution in [3.8, 4) is 0 Å². The van der Waals surface area contributed by atoms with Gasteiger partial charge in [-0.25, -0.2) is 0 Å². The zero-order valence-corrected chi connectivity index (χ0v) is 7.66. The molecular weight excluding hydrogens is 209 g/mol. The molecule has 0 amide bonds. The predicted octanol–water partition coefficient (Wildman–Crippen LogP) is 2.81. The average molecular weight is 218 g/mol. The van der Waals surface area contributed by atoms with Gasteiger partial charge in [-0.1, -0.05) is 30.3 Å². The third-order valence-electron chi connectivity index (χ3n) is 1.94. The van der Waals surface area contributed by atoms with Gasteiger partial charge in [-0.05, 0) is 5.56 Å². The molecule has 0 aliphatic carbocycles. The monoisotopic (exact) mass is 218 g/mol. The van der Waals surface area contributed by atoms with Crippen molar-refractivity contribution < 1.29 is 23.1 Å². The third-order valence-corrected chi connectivity index (χ3v) is 1.94. The van der Waals surface area contributed by atoms with Crippen LogP contribution in [0.25, 0.3) is 0 Å². The first-order chi connectivity index (χ1) is 6.90. The fourth-order valence-electron chi connectivity index (χ4n) is 1.26. The van der Waals surface area contributed by atoms with Crippen molar-refractivity contribution >= 4 is 5.97 Å². The van der Waals surface area contributed by atoms with E-state index in [2.05, 4.69) is 0 Å². The molecule has 0 saturated carbocycles. The largest absolute Gasteiger partial charge is 0.481 e. The van der Waals surface area contributed by atoms with Crippen LogP contribution in [0.4, 0.5) is 13.2 Å². The Balaban J connectivity index is 2.90. The quantitative estimate of drug-likeness (QED) is 0.846. The lowest BCUT2D eigenvalue weighted by molar-refractivity contribution is -0.157. The van der Waals surface area contributed by atoms with Crippen LogP contribution in [0, 0.1) is 0 Å². The fraction of sp³-hybridized carbons (Fsp3) is 0.300. The molecule has 1 rings (SSSR count). The Morgan fingerprint density at radius 1 is 1.27 bits per heavy atom. The lowest BCUT2D eigenvalue weighted by Gasteiger charge is -2.14. The van der Waals surface area contributed by atoms with E-state index in [-0.39, 0.29) is 5.56 Å². The van der Waals surface area contributed by atoms with E-state index < -0.39 is 24.5 Å². The normalized spacial score (nSPS) is 13.5. The summed E-state index contributed by atoms with van der Waals surface area (Å²) < 4.78 is 36.3. The maximum atomic E-state index is 12.1. The van der Waals surface area contributed by atoms with Gasteiger partial charge < -0.3 is 5.11 Å². The molecular formula is C10H9F3O2. The lowest BCUT2D eigenvalue weighted by Crippen LogP contribution is -2.20. The van der Waals surface area contributed by atoms with E-state index in [1.807, 2.05) is 0 Å². The molecule has 1 aromatic carbocycles. The molecule has 0 saturated heterocycles. The molecule has 1 atom stereocenters. The molecule has 2 nitrogen and oxygen atoms in total. The highest BCUT2D eigenvalue weighted by molar-refractivity contribution is 5.76. The number of halogens is 3. The second kappa shape index (κ2) is 4.33. The highest BCUT2D eigenvalue weighted by Crippen LogP contribution is 2.31. The minimum absolute atomic E-state index is 0.169. The van der Waals surface area contributed by atoms with Gasteiger partial charge in [0.1, 0.15) is 0 Å². The Bertz CT molecular complexity index is 332. The predicted molar refractivity (Wildman–Crippen MR) is 47.5 cm³/mol. The molecule has 1 aromatic rings. The first kappa shape index (κ1) is 11.6. The van der Waals surface area contributed by atoms with Crippen molar-refractivity contribution in [3.05, 3.63) is 35.9 Å². The number of carboxylic acid groups (broad SMARTS) is 1. The molecule has 0 unspecified atom stereocenters. The van der Waals surface area contributed by atoms with E-state index in [0.717, 1.165) is 0 Å². The van der Waals surface area contributed by atoms with Crippen LogP contribution in [0.15, 0.2) is 30.3 Å². The van der Waals surface area contributed by atoms with Gasteiger partial charge in [-0.3, -0.25) is 4.79 Å². The topological polar surface area (TPSA) is 37.3 Å². The SMILES string of the molecule is O=C(O)[C@H](CC(F)(F)F)c1ccccc1. The molecule has 0 aliphatic rings. The summed E-state index contributed by atoms with van der Waals surface area (Å²) in [5.41, 5.74) is 0.169. The van der Waals surface area contributed by atoms with Crippen molar-refractivity contribution in [3.63, 3.8) is 0 Å². The molecule has 1 N–H and O–H groups in total. The Morgan fingerprint density at radius 3 is 2.20 bits per heavy atom.